The number of ether oxygens (including phenoxy) is 1. The fourth-order valence-corrected chi connectivity index (χ4v) is 3.40. The van der Waals surface area contributed by atoms with Crippen molar-refractivity contribution in [2.24, 2.45) is 0 Å². The minimum absolute atomic E-state index is 0.169. The Bertz CT molecular complexity index is 332. The Morgan fingerprint density at radius 1 is 0.600 bits per heavy atom. The van der Waals surface area contributed by atoms with Gasteiger partial charge < -0.3 is 14.5 Å². The Morgan fingerprint density at radius 2 is 0.900 bits per heavy atom. The molecule has 30 heavy (non-hydrogen) atoms. The van der Waals surface area contributed by atoms with Crippen LogP contribution in [0.15, 0.2) is 13.2 Å². The van der Waals surface area contributed by atoms with Gasteiger partial charge in [-0.2, -0.15) is 0 Å². The molecule has 0 saturated carbocycles. The van der Waals surface area contributed by atoms with Crippen molar-refractivity contribution >= 4 is 7.82 Å². The van der Waals surface area contributed by atoms with Crippen LogP contribution in [0.25, 0.3) is 0 Å². The fourth-order valence-electron chi connectivity index (χ4n) is 3.04. The van der Waals surface area contributed by atoms with Crippen LogP contribution in [-0.2, 0) is 13.8 Å². The zero-order valence-corrected chi connectivity index (χ0v) is 21.3. The molecule has 0 fully saturated rings. The van der Waals surface area contributed by atoms with Gasteiger partial charge in [-0.3, -0.25) is 4.52 Å². The molecule has 0 radical (unpaired) electrons. The summed E-state index contributed by atoms with van der Waals surface area (Å²) >= 11 is 0. The third kappa shape index (κ3) is 42.0. The highest BCUT2D eigenvalue weighted by molar-refractivity contribution is 7.46. The molecule has 0 aliphatic carbocycles. The molecule has 0 aliphatic heterocycles. The number of phosphoric acid groups is 1. The summed E-state index contributed by atoms with van der Waals surface area (Å²) in [5.74, 6) is 0. The van der Waals surface area contributed by atoms with Gasteiger partial charge >= 0.3 is 7.82 Å². The molecule has 5 nitrogen and oxygen atoms in total. The Morgan fingerprint density at radius 3 is 1.13 bits per heavy atom. The van der Waals surface area contributed by atoms with Crippen LogP contribution in [0.1, 0.15) is 124 Å². The molecular weight excluding hydrogens is 399 g/mol. The summed E-state index contributed by atoms with van der Waals surface area (Å²) in [6, 6.07) is 0. The van der Waals surface area contributed by atoms with Gasteiger partial charge in [0.05, 0.1) is 6.61 Å². The minimum atomic E-state index is -4.26. The molecular formula is C24H53O5P. The average Bonchev–Trinajstić information content (AvgIpc) is 2.72. The Balaban J connectivity index is -0.000000901. The number of hydrogen-bond donors (Lipinski definition) is 2. The highest BCUT2D eigenvalue weighted by Gasteiger charge is 2.12. The molecule has 0 aromatic rings. The summed E-state index contributed by atoms with van der Waals surface area (Å²) in [4.78, 5) is 17.1. The van der Waals surface area contributed by atoms with Crippen LogP contribution in [0, 0.1) is 0 Å². The lowest BCUT2D eigenvalue weighted by atomic mass is 10.0. The van der Waals surface area contributed by atoms with Crippen LogP contribution in [-0.4, -0.2) is 29.6 Å². The van der Waals surface area contributed by atoms with Crippen LogP contribution >= 0.6 is 7.82 Å². The second-order valence-corrected chi connectivity index (χ2v) is 8.65. The second kappa shape index (κ2) is 31.0. The zero-order chi connectivity index (χ0) is 23.3. The Kier molecular flexibility index (Phi) is 35.6. The van der Waals surface area contributed by atoms with E-state index in [1.807, 2.05) is 13.8 Å². The normalized spacial score (nSPS) is 10.7. The first-order valence-electron chi connectivity index (χ1n) is 12.3. The van der Waals surface area contributed by atoms with Crippen molar-refractivity contribution in [1.29, 1.82) is 0 Å². The largest absolute Gasteiger partial charge is 0.469 e. The third-order valence-corrected chi connectivity index (χ3v) is 5.18. The molecule has 0 heterocycles. The van der Waals surface area contributed by atoms with E-state index in [9.17, 15) is 4.57 Å². The lowest BCUT2D eigenvalue weighted by Crippen LogP contribution is -1.92. The molecule has 0 spiro atoms. The molecule has 0 bridgehead atoms. The van der Waals surface area contributed by atoms with Crippen LogP contribution in [0.4, 0.5) is 0 Å². The van der Waals surface area contributed by atoms with Crippen molar-refractivity contribution in [3.63, 3.8) is 0 Å². The van der Waals surface area contributed by atoms with E-state index < -0.39 is 7.82 Å². The molecule has 0 atom stereocenters. The Hall–Kier alpha value is -0.190. The third-order valence-electron chi connectivity index (χ3n) is 4.67. The highest BCUT2D eigenvalue weighted by atomic mass is 31.2. The summed E-state index contributed by atoms with van der Waals surface area (Å²) in [7, 11) is -4.26. The summed E-state index contributed by atoms with van der Waals surface area (Å²) in [6.45, 7) is 14.1. The van der Waals surface area contributed by atoms with E-state index in [-0.39, 0.29) is 6.61 Å². The summed E-state index contributed by atoms with van der Waals surface area (Å²) in [5.41, 5.74) is 0. The van der Waals surface area contributed by atoms with Crippen molar-refractivity contribution < 1.29 is 23.6 Å². The minimum Gasteiger partial charge on any atom is -0.382 e. The van der Waals surface area contributed by atoms with Gasteiger partial charge in [0.25, 0.3) is 0 Å². The van der Waals surface area contributed by atoms with Gasteiger partial charge in [0, 0.05) is 13.2 Å². The predicted octanol–water partition coefficient (Wildman–Crippen LogP) is 8.20. The first-order valence-corrected chi connectivity index (χ1v) is 13.8. The molecule has 0 aromatic carbocycles. The predicted molar refractivity (Wildman–Crippen MR) is 131 cm³/mol. The van der Waals surface area contributed by atoms with Crippen LogP contribution in [0.2, 0.25) is 0 Å². The topological polar surface area (TPSA) is 76.0 Å². The first-order chi connectivity index (χ1) is 14.5. The van der Waals surface area contributed by atoms with Crippen molar-refractivity contribution in [2.45, 2.75) is 124 Å². The molecule has 6 heteroatoms. The van der Waals surface area contributed by atoms with Crippen LogP contribution in [0.3, 0.4) is 0 Å². The van der Waals surface area contributed by atoms with E-state index in [1.165, 1.54) is 83.5 Å². The lowest BCUT2D eigenvalue weighted by molar-refractivity contribution is 0.162. The van der Waals surface area contributed by atoms with E-state index in [2.05, 4.69) is 24.6 Å². The second-order valence-electron chi connectivity index (χ2n) is 7.41. The summed E-state index contributed by atoms with van der Waals surface area (Å²) < 4.78 is 19.7. The maximum Gasteiger partial charge on any atom is 0.469 e. The van der Waals surface area contributed by atoms with E-state index in [0.717, 1.165) is 32.5 Å². The molecule has 0 aliphatic rings. The van der Waals surface area contributed by atoms with Gasteiger partial charge in [0.2, 0.25) is 0 Å². The van der Waals surface area contributed by atoms with Crippen molar-refractivity contribution in [3.05, 3.63) is 13.2 Å². The fraction of sp³-hybridized carbons (Fsp3) is 0.917. The van der Waals surface area contributed by atoms with Gasteiger partial charge in [0.1, 0.15) is 0 Å². The quantitative estimate of drug-likeness (QED) is 0.111. The average molecular weight is 453 g/mol. The van der Waals surface area contributed by atoms with E-state index >= 15 is 0 Å². The molecule has 0 rings (SSSR count). The monoisotopic (exact) mass is 452 g/mol. The van der Waals surface area contributed by atoms with Gasteiger partial charge in [-0.25, -0.2) is 4.57 Å². The molecule has 0 saturated heterocycles. The molecule has 184 valence electrons. The van der Waals surface area contributed by atoms with Crippen molar-refractivity contribution in [3.8, 4) is 0 Å². The van der Waals surface area contributed by atoms with Gasteiger partial charge in [-0.15, -0.1) is 13.2 Å². The molecule has 2 N–H and O–H groups in total. The molecule has 0 unspecified atom stereocenters. The molecule has 0 amide bonds. The highest BCUT2D eigenvalue weighted by Crippen LogP contribution is 2.35. The summed E-state index contributed by atoms with van der Waals surface area (Å²) in [5, 5.41) is 0. The standard InChI is InChI=1S/C18H39O4P.C4H10O.C2H4/c1-2-3-4-5-6-7-8-9-10-11-12-13-14-15-16-17-18-22-23(19,20)21;1-3-5-4-2;1-2/h2-18H2,1H3,(H2,19,20,21);3-4H2,1-2H3;1-2H2. The van der Waals surface area contributed by atoms with Crippen molar-refractivity contribution in [1.82, 2.24) is 0 Å². The zero-order valence-electron chi connectivity index (χ0n) is 20.4. The number of unbranched alkanes of at least 4 members (excludes halogenated alkanes) is 15. The lowest BCUT2D eigenvalue weighted by Gasteiger charge is -2.05. The van der Waals surface area contributed by atoms with Gasteiger partial charge in [-0.05, 0) is 20.3 Å². The number of hydrogen-bond acceptors (Lipinski definition) is 3. The molecule has 0 aromatic heterocycles. The smallest absolute Gasteiger partial charge is 0.382 e. The first kappa shape index (κ1) is 34.4. The van der Waals surface area contributed by atoms with Crippen LogP contribution < -0.4 is 0 Å². The maximum atomic E-state index is 10.5. The van der Waals surface area contributed by atoms with E-state index in [0.29, 0.717) is 0 Å². The van der Waals surface area contributed by atoms with Gasteiger partial charge in [-0.1, -0.05) is 103 Å². The summed E-state index contributed by atoms with van der Waals surface area (Å²) in [6.07, 6.45) is 20.7. The van der Waals surface area contributed by atoms with Gasteiger partial charge in [0.15, 0.2) is 0 Å². The maximum absolute atomic E-state index is 10.5. The SMILES string of the molecule is C=C.CCCCCCCCCCCCCCCCCCOP(=O)(O)O.CCOCC. The number of rotatable bonds is 20. The van der Waals surface area contributed by atoms with Crippen molar-refractivity contribution in [2.75, 3.05) is 19.8 Å². The number of phosphoric ester groups is 1. The van der Waals surface area contributed by atoms with Crippen LogP contribution in [0.5, 0.6) is 0 Å². The van der Waals surface area contributed by atoms with E-state index in [4.69, 9.17) is 14.5 Å². The Labute approximate surface area is 188 Å². The van der Waals surface area contributed by atoms with E-state index in [1.54, 1.807) is 0 Å².